The van der Waals surface area contributed by atoms with Crippen LogP contribution in [0.2, 0.25) is 0 Å². The van der Waals surface area contributed by atoms with E-state index in [0.29, 0.717) is 12.8 Å². The van der Waals surface area contributed by atoms with Gasteiger partial charge in [-0.3, -0.25) is 0 Å². The van der Waals surface area contributed by atoms with Crippen LogP contribution in [0.1, 0.15) is 46.5 Å². The molecule has 0 N–H and O–H groups in total. The Labute approximate surface area is 111 Å². The predicted molar refractivity (Wildman–Crippen MR) is 63.7 cm³/mol. The van der Waals surface area contributed by atoms with Crippen molar-refractivity contribution in [1.82, 2.24) is 4.90 Å². The first kappa shape index (κ1) is 14.5. The Balaban J connectivity index is 2.05. The highest BCUT2D eigenvalue weighted by Crippen LogP contribution is 2.45. The first-order valence-corrected chi connectivity index (χ1v) is 6.66. The Bertz CT molecular complexity index is 348. The van der Waals surface area contributed by atoms with Gasteiger partial charge < -0.3 is 9.64 Å². The average Bonchev–Trinajstić information content (AvgIpc) is 2.45. The lowest BCUT2D eigenvalue weighted by molar-refractivity contribution is -0.190. The van der Waals surface area contributed by atoms with Crippen LogP contribution in [-0.4, -0.2) is 34.9 Å². The Morgan fingerprint density at radius 1 is 1.11 bits per heavy atom. The topological polar surface area (TPSA) is 29.5 Å². The van der Waals surface area contributed by atoms with Crippen molar-refractivity contribution in [3.05, 3.63) is 0 Å². The molecule has 2 bridgehead atoms. The van der Waals surface area contributed by atoms with Crippen LogP contribution in [0.15, 0.2) is 0 Å². The van der Waals surface area contributed by atoms with Crippen LogP contribution in [0.3, 0.4) is 0 Å². The maximum atomic E-state index is 12.8. The van der Waals surface area contributed by atoms with E-state index >= 15 is 0 Å². The number of alkyl halides is 3. The number of rotatable bonds is 0. The van der Waals surface area contributed by atoms with E-state index in [9.17, 15) is 18.0 Å². The van der Waals surface area contributed by atoms with Crippen LogP contribution in [0.25, 0.3) is 0 Å². The Kier molecular flexibility index (Phi) is 3.47. The number of fused-ring (bicyclic) bond motifs is 2. The number of hydrogen-bond donors (Lipinski definition) is 0. The second-order valence-corrected chi connectivity index (χ2v) is 6.48. The number of carbonyl (C=O) groups excluding carboxylic acids is 1. The molecule has 0 aromatic rings. The fourth-order valence-corrected chi connectivity index (χ4v) is 3.06. The van der Waals surface area contributed by atoms with E-state index < -0.39 is 23.8 Å². The van der Waals surface area contributed by atoms with Crippen molar-refractivity contribution in [2.45, 2.75) is 70.3 Å². The lowest BCUT2D eigenvalue weighted by Crippen LogP contribution is -2.50. The van der Waals surface area contributed by atoms with Gasteiger partial charge in [-0.2, -0.15) is 13.2 Å². The summed E-state index contributed by atoms with van der Waals surface area (Å²) in [5.74, 6) is -1.27. The molecule has 6 heteroatoms. The number of halogens is 3. The third-order valence-electron chi connectivity index (χ3n) is 3.80. The van der Waals surface area contributed by atoms with Gasteiger partial charge in [0.2, 0.25) is 0 Å². The van der Waals surface area contributed by atoms with Crippen LogP contribution in [0.5, 0.6) is 0 Å². The first-order valence-electron chi connectivity index (χ1n) is 6.66. The summed E-state index contributed by atoms with van der Waals surface area (Å²) in [4.78, 5) is 13.6. The third-order valence-corrected chi connectivity index (χ3v) is 3.80. The third kappa shape index (κ3) is 3.15. The van der Waals surface area contributed by atoms with Crippen LogP contribution < -0.4 is 0 Å². The molecule has 0 saturated carbocycles. The van der Waals surface area contributed by atoms with Gasteiger partial charge in [0.05, 0.1) is 5.92 Å². The molecule has 0 aromatic heterocycles. The van der Waals surface area contributed by atoms with Crippen LogP contribution in [-0.2, 0) is 4.74 Å². The van der Waals surface area contributed by atoms with Crippen molar-refractivity contribution in [1.29, 1.82) is 0 Å². The van der Waals surface area contributed by atoms with E-state index in [1.54, 1.807) is 20.8 Å². The zero-order valence-corrected chi connectivity index (χ0v) is 11.5. The van der Waals surface area contributed by atoms with Crippen LogP contribution in [0.4, 0.5) is 18.0 Å². The minimum atomic E-state index is -4.15. The summed E-state index contributed by atoms with van der Waals surface area (Å²) in [6.45, 7) is 5.28. The van der Waals surface area contributed by atoms with Gasteiger partial charge in [-0.05, 0) is 46.5 Å². The highest BCUT2D eigenvalue weighted by molar-refractivity contribution is 5.69. The smallest absolute Gasteiger partial charge is 0.410 e. The summed E-state index contributed by atoms with van der Waals surface area (Å²) in [6, 6.07) is -0.638. The minimum absolute atomic E-state index is 0.0131. The van der Waals surface area contributed by atoms with E-state index in [0.717, 1.165) is 0 Å². The predicted octanol–water partition coefficient (Wildman–Crippen LogP) is 3.73. The zero-order valence-electron chi connectivity index (χ0n) is 11.5. The van der Waals surface area contributed by atoms with Crippen LogP contribution in [0, 0.1) is 5.92 Å². The second kappa shape index (κ2) is 4.56. The van der Waals surface area contributed by atoms with Gasteiger partial charge in [-0.15, -0.1) is 0 Å². The number of carbonyl (C=O) groups is 1. The summed E-state index contributed by atoms with van der Waals surface area (Å²) in [6.07, 6.45) is -3.30. The first-order chi connectivity index (χ1) is 8.58. The van der Waals surface area contributed by atoms with Crippen molar-refractivity contribution in [2.75, 3.05) is 0 Å². The van der Waals surface area contributed by atoms with Gasteiger partial charge in [-0.1, -0.05) is 0 Å². The molecule has 2 aliphatic rings. The molecule has 0 aromatic carbocycles. The quantitative estimate of drug-likeness (QED) is 0.676. The molecule has 2 saturated heterocycles. The Morgan fingerprint density at radius 3 is 1.95 bits per heavy atom. The number of ether oxygens (including phenoxy) is 1. The molecule has 3 nitrogen and oxygen atoms in total. The molecule has 2 aliphatic heterocycles. The molecule has 0 spiro atoms. The van der Waals surface area contributed by atoms with Gasteiger partial charge in [0.1, 0.15) is 5.60 Å². The molecule has 2 heterocycles. The van der Waals surface area contributed by atoms with Crippen molar-refractivity contribution < 1.29 is 22.7 Å². The lowest BCUT2D eigenvalue weighted by Gasteiger charge is -2.39. The molecule has 2 fully saturated rings. The van der Waals surface area contributed by atoms with E-state index in [1.165, 1.54) is 4.90 Å². The Morgan fingerprint density at radius 2 is 1.58 bits per heavy atom. The summed E-state index contributed by atoms with van der Waals surface area (Å²) >= 11 is 0. The van der Waals surface area contributed by atoms with Gasteiger partial charge in [0.15, 0.2) is 0 Å². The monoisotopic (exact) mass is 279 g/mol. The van der Waals surface area contributed by atoms with Gasteiger partial charge in [0, 0.05) is 12.1 Å². The summed E-state index contributed by atoms with van der Waals surface area (Å²) < 4.78 is 43.6. The van der Waals surface area contributed by atoms with E-state index in [1.807, 2.05) is 0 Å². The molecule has 19 heavy (non-hydrogen) atoms. The number of piperidine rings is 1. The minimum Gasteiger partial charge on any atom is -0.444 e. The van der Waals surface area contributed by atoms with E-state index in [2.05, 4.69) is 0 Å². The molecule has 0 aliphatic carbocycles. The van der Waals surface area contributed by atoms with Crippen LogP contribution >= 0.6 is 0 Å². The molecule has 2 atom stereocenters. The van der Waals surface area contributed by atoms with Gasteiger partial charge in [-0.25, -0.2) is 4.79 Å². The number of hydrogen-bond acceptors (Lipinski definition) is 2. The van der Waals surface area contributed by atoms with E-state index in [4.69, 9.17) is 4.74 Å². The normalized spacial score (nSPS) is 31.5. The fraction of sp³-hybridized carbons (Fsp3) is 0.923. The molecule has 0 radical (unpaired) electrons. The highest BCUT2D eigenvalue weighted by Gasteiger charge is 2.52. The summed E-state index contributed by atoms with van der Waals surface area (Å²) in [7, 11) is 0. The van der Waals surface area contributed by atoms with Crippen molar-refractivity contribution >= 4 is 6.09 Å². The second-order valence-electron chi connectivity index (χ2n) is 6.48. The summed E-state index contributed by atoms with van der Waals surface area (Å²) in [5, 5.41) is 0. The number of nitrogens with zero attached hydrogens (tertiary/aromatic N) is 1. The number of amides is 1. The highest BCUT2D eigenvalue weighted by atomic mass is 19.4. The molecule has 2 rings (SSSR count). The van der Waals surface area contributed by atoms with Gasteiger partial charge in [0.25, 0.3) is 0 Å². The molecule has 110 valence electrons. The SMILES string of the molecule is CC(C)(C)OC(=O)N1C2CCC1CC(C(F)(F)F)C2. The fourth-order valence-electron chi connectivity index (χ4n) is 3.06. The van der Waals surface area contributed by atoms with Crippen molar-refractivity contribution in [3.63, 3.8) is 0 Å². The molecular formula is C13H20F3NO2. The lowest BCUT2D eigenvalue weighted by atomic mass is 9.90. The zero-order chi connectivity index (χ0) is 14.4. The maximum Gasteiger partial charge on any atom is 0.410 e. The molecular weight excluding hydrogens is 259 g/mol. The Hall–Kier alpha value is -0.940. The molecule has 2 unspecified atom stereocenters. The standard InChI is InChI=1S/C13H20F3NO2/c1-12(2,3)19-11(18)17-9-4-5-10(17)7-8(6-9)13(14,15)16/h8-10H,4-7H2,1-3H3. The van der Waals surface area contributed by atoms with Gasteiger partial charge >= 0.3 is 12.3 Å². The average molecular weight is 279 g/mol. The summed E-state index contributed by atoms with van der Waals surface area (Å²) in [5.41, 5.74) is -0.614. The van der Waals surface area contributed by atoms with Crippen molar-refractivity contribution in [2.24, 2.45) is 5.92 Å². The van der Waals surface area contributed by atoms with E-state index in [-0.39, 0.29) is 24.9 Å². The molecule has 1 amide bonds. The maximum absolute atomic E-state index is 12.8. The largest absolute Gasteiger partial charge is 0.444 e. The van der Waals surface area contributed by atoms with Crippen molar-refractivity contribution in [3.8, 4) is 0 Å².